The summed E-state index contributed by atoms with van der Waals surface area (Å²) in [5, 5.41) is 10.7. The molecule has 0 atom stereocenters. The molecule has 10 nitrogen and oxygen atoms in total. The summed E-state index contributed by atoms with van der Waals surface area (Å²) in [6.45, 7) is 0. The Morgan fingerprint density at radius 1 is 0.744 bits per heavy atom. The van der Waals surface area contributed by atoms with Crippen molar-refractivity contribution in [1.29, 1.82) is 0 Å². The summed E-state index contributed by atoms with van der Waals surface area (Å²) in [6, 6.07) is 18.0. The normalized spacial score (nSPS) is 10.7. The SMILES string of the molecule is COC(=O)c1cc(-c2cncn2C)nc2ccccc12.Cn1cncc1-c1cc(C(=O)O)c2ccccc2n1. The molecule has 39 heavy (non-hydrogen) atoms. The molecule has 0 spiro atoms. The summed E-state index contributed by atoms with van der Waals surface area (Å²) < 4.78 is 8.53. The molecular formula is C29H24N6O4. The lowest BCUT2D eigenvalue weighted by Crippen LogP contribution is -2.04. The number of carbonyl (C=O) groups excluding carboxylic acids is 1. The number of aromatic carboxylic acids is 1. The number of benzene rings is 2. The fraction of sp³-hybridized carbons (Fsp3) is 0.103. The number of methoxy groups -OCH3 is 1. The number of para-hydroxylation sites is 2. The van der Waals surface area contributed by atoms with Gasteiger partial charge in [-0.05, 0) is 24.3 Å². The van der Waals surface area contributed by atoms with Crippen LogP contribution in [0, 0.1) is 0 Å². The molecule has 0 amide bonds. The summed E-state index contributed by atoms with van der Waals surface area (Å²) in [6.07, 6.45) is 6.75. The van der Waals surface area contributed by atoms with Crippen molar-refractivity contribution in [3.8, 4) is 22.8 Å². The number of aromatic nitrogens is 6. The number of carboxylic acid groups (broad SMARTS) is 1. The smallest absolute Gasteiger partial charge is 0.338 e. The zero-order valence-electron chi connectivity index (χ0n) is 21.4. The van der Waals surface area contributed by atoms with Gasteiger partial charge in [0.05, 0.1) is 77.1 Å². The number of esters is 1. The predicted molar refractivity (Wildman–Crippen MR) is 146 cm³/mol. The van der Waals surface area contributed by atoms with E-state index in [2.05, 4.69) is 19.9 Å². The van der Waals surface area contributed by atoms with Crippen LogP contribution in [-0.4, -0.2) is 53.2 Å². The van der Waals surface area contributed by atoms with Crippen molar-refractivity contribution in [1.82, 2.24) is 29.1 Å². The Bertz CT molecular complexity index is 1840. The zero-order chi connectivity index (χ0) is 27.5. The average molecular weight is 521 g/mol. The van der Waals surface area contributed by atoms with Crippen LogP contribution >= 0.6 is 0 Å². The molecular weight excluding hydrogens is 496 g/mol. The van der Waals surface area contributed by atoms with E-state index in [1.54, 1.807) is 49.3 Å². The van der Waals surface area contributed by atoms with Crippen LogP contribution in [0.4, 0.5) is 0 Å². The minimum atomic E-state index is -0.956. The van der Waals surface area contributed by atoms with Crippen molar-refractivity contribution in [3.63, 3.8) is 0 Å². The van der Waals surface area contributed by atoms with Crippen LogP contribution in [0.5, 0.6) is 0 Å². The van der Waals surface area contributed by atoms with E-state index in [1.807, 2.05) is 59.6 Å². The molecule has 0 fully saturated rings. The van der Waals surface area contributed by atoms with Crippen molar-refractivity contribution >= 4 is 33.7 Å². The Labute approximate surface area is 223 Å². The van der Waals surface area contributed by atoms with Crippen LogP contribution < -0.4 is 0 Å². The van der Waals surface area contributed by atoms with Crippen LogP contribution in [0.15, 0.2) is 85.7 Å². The van der Waals surface area contributed by atoms with Gasteiger partial charge in [0.1, 0.15) is 0 Å². The highest BCUT2D eigenvalue weighted by molar-refractivity contribution is 6.05. The molecule has 0 saturated heterocycles. The largest absolute Gasteiger partial charge is 0.478 e. The molecule has 1 N–H and O–H groups in total. The second-order valence-corrected chi connectivity index (χ2v) is 8.72. The monoisotopic (exact) mass is 520 g/mol. The van der Waals surface area contributed by atoms with Crippen molar-refractivity contribution < 1.29 is 19.4 Å². The van der Waals surface area contributed by atoms with Gasteiger partial charge in [-0.3, -0.25) is 0 Å². The molecule has 0 bridgehead atoms. The quantitative estimate of drug-likeness (QED) is 0.330. The number of imidazole rings is 2. The molecule has 0 radical (unpaired) electrons. The van der Waals surface area contributed by atoms with Gasteiger partial charge in [0, 0.05) is 24.9 Å². The molecule has 0 aliphatic carbocycles. The Hall–Kier alpha value is -5.38. The molecule has 2 aromatic carbocycles. The van der Waals surface area contributed by atoms with E-state index in [-0.39, 0.29) is 11.5 Å². The van der Waals surface area contributed by atoms with E-state index in [0.717, 1.165) is 22.3 Å². The summed E-state index contributed by atoms with van der Waals surface area (Å²) in [5.74, 6) is -1.32. The number of carbonyl (C=O) groups is 2. The number of hydrogen-bond acceptors (Lipinski definition) is 7. The Morgan fingerprint density at radius 3 is 1.64 bits per heavy atom. The van der Waals surface area contributed by atoms with Gasteiger partial charge in [-0.25, -0.2) is 29.5 Å². The number of aryl methyl sites for hydroxylation is 2. The minimum absolute atomic E-state index is 0.252. The topological polar surface area (TPSA) is 125 Å². The third-order valence-corrected chi connectivity index (χ3v) is 6.23. The van der Waals surface area contributed by atoms with Gasteiger partial charge in [-0.2, -0.15) is 0 Å². The van der Waals surface area contributed by atoms with Gasteiger partial charge < -0.3 is 19.0 Å². The van der Waals surface area contributed by atoms with Gasteiger partial charge >= 0.3 is 11.9 Å². The number of hydrogen-bond donors (Lipinski definition) is 1. The maximum atomic E-state index is 12.0. The van der Waals surface area contributed by atoms with Gasteiger partial charge in [0.15, 0.2) is 0 Å². The third kappa shape index (κ3) is 4.95. The molecule has 4 aromatic heterocycles. The van der Waals surface area contributed by atoms with Crippen LogP contribution in [0.25, 0.3) is 44.6 Å². The lowest BCUT2D eigenvalue weighted by atomic mass is 10.1. The average Bonchev–Trinajstić information content (AvgIpc) is 3.59. The standard InChI is InChI=1S/C15H13N3O2.C14H11N3O2/c1-18-9-16-8-14(18)13-7-11(15(19)20-2)10-5-3-4-6-12(10)17-13;1-17-8-15-7-13(17)12-6-10(14(18)19)9-4-2-3-5-11(9)16-12/h3-9H,1-2H3;2-8H,1H3,(H,18,19). The first-order valence-electron chi connectivity index (χ1n) is 11.9. The third-order valence-electron chi connectivity index (χ3n) is 6.23. The van der Waals surface area contributed by atoms with Crippen LogP contribution in [0.3, 0.4) is 0 Å². The van der Waals surface area contributed by atoms with Crippen molar-refractivity contribution in [3.05, 3.63) is 96.8 Å². The van der Waals surface area contributed by atoms with E-state index in [0.29, 0.717) is 27.9 Å². The molecule has 0 aliphatic heterocycles. The van der Waals surface area contributed by atoms with E-state index in [1.165, 1.54) is 7.11 Å². The second kappa shape index (κ2) is 10.5. The number of rotatable bonds is 4. The molecule has 4 heterocycles. The highest BCUT2D eigenvalue weighted by Crippen LogP contribution is 2.26. The van der Waals surface area contributed by atoms with Gasteiger partial charge in [0.2, 0.25) is 0 Å². The summed E-state index contributed by atoms with van der Waals surface area (Å²) in [7, 11) is 5.11. The number of fused-ring (bicyclic) bond motifs is 2. The number of nitrogens with zero attached hydrogens (tertiary/aromatic N) is 6. The summed E-state index contributed by atoms with van der Waals surface area (Å²) >= 11 is 0. The summed E-state index contributed by atoms with van der Waals surface area (Å²) in [4.78, 5) is 40.5. The lowest BCUT2D eigenvalue weighted by Gasteiger charge is -2.08. The van der Waals surface area contributed by atoms with Gasteiger partial charge in [-0.1, -0.05) is 36.4 Å². The second-order valence-electron chi connectivity index (χ2n) is 8.72. The fourth-order valence-electron chi connectivity index (χ4n) is 4.28. The number of pyridine rings is 2. The first kappa shape index (κ1) is 25.3. The van der Waals surface area contributed by atoms with Crippen LogP contribution in [-0.2, 0) is 18.8 Å². The lowest BCUT2D eigenvalue weighted by molar-refractivity contribution is 0.0602. The van der Waals surface area contributed by atoms with Crippen LogP contribution in [0.1, 0.15) is 20.7 Å². The number of carboxylic acids is 1. The minimum Gasteiger partial charge on any atom is -0.478 e. The van der Waals surface area contributed by atoms with Crippen molar-refractivity contribution in [2.75, 3.05) is 7.11 Å². The first-order chi connectivity index (χ1) is 18.9. The number of ether oxygens (including phenoxy) is 1. The fourth-order valence-corrected chi connectivity index (χ4v) is 4.28. The highest BCUT2D eigenvalue weighted by atomic mass is 16.5. The first-order valence-corrected chi connectivity index (χ1v) is 11.9. The molecule has 0 unspecified atom stereocenters. The van der Waals surface area contributed by atoms with E-state index < -0.39 is 5.97 Å². The zero-order valence-corrected chi connectivity index (χ0v) is 21.4. The molecule has 6 rings (SSSR count). The molecule has 6 aromatic rings. The molecule has 0 aliphatic rings. The predicted octanol–water partition coefficient (Wildman–Crippen LogP) is 4.76. The Kier molecular flexibility index (Phi) is 6.83. The van der Waals surface area contributed by atoms with Crippen molar-refractivity contribution in [2.45, 2.75) is 0 Å². The maximum absolute atomic E-state index is 12.0. The van der Waals surface area contributed by atoms with E-state index in [9.17, 15) is 14.7 Å². The van der Waals surface area contributed by atoms with Gasteiger partial charge in [-0.15, -0.1) is 0 Å². The highest BCUT2D eigenvalue weighted by Gasteiger charge is 2.16. The van der Waals surface area contributed by atoms with Crippen molar-refractivity contribution in [2.24, 2.45) is 14.1 Å². The van der Waals surface area contributed by atoms with Gasteiger partial charge in [0.25, 0.3) is 0 Å². The Morgan fingerprint density at radius 2 is 1.21 bits per heavy atom. The Balaban J connectivity index is 0.000000158. The molecule has 10 heteroatoms. The molecule has 194 valence electrons. The van der Waals surface area contributed by atoms with E-state index >= 15 is 0 Å². The summed E-state index contributed by atoms with van der Waals surface area (Å²) in [5.41, 5.74) is 5.12. The molecule has 0 saturated carbocycles. The maximum Gasteiger partial charge on any atom is 0.338 e. The van der Waals surface area contributed by atoms with Crippen LogP contribution in [0.2, 0.25) is 0 Å². The van der Waals surface area contributed by atoms with E-state index in [4.69, 9.17) is 4.74 Å².